The van der Waals surface area contributed by atoms with E-state index >= 15 is 0 Å². The van der Waals surface area contributed by atoms with E-state index in [2.05, 4.69) is 15.9 Å². The number of hydrogen-bond acceptors (Lipinski definition) is 3. The molecule has 0 aliphatic carbocycles. The molecule has 0 bridgehead atoms. The Balaban J connectivity index is 2.14. The average Bonchev–Trinajstić information content (AvgIpc) is 3.04. The number of carboxylic acid groups (broad SMARTS) is 1. The van der Waals surface area contributed by atoms with Gasteiger partial charge in [-0.25, -0.2) is 0 Å². The van der Waals surface area contributed by atoms with Crippen LogP contribution in [0.2, 0.25) is 0 Å². The third-order valence-corrected chi connectivity index (χ3v) is 4.73. The fourth-order valence-electron chi connectivity index (χ4n) is 2.92. The minimum atomic E-state index is -1.08. The molecule has 0 atom stereocenters. The van der Waals surface area contributed by atoms with E-state index in [-0.39, 0.29) is 12.2 Å². The lowest BCUT2D eigenvalue weighted by molar-refractivity contribution is -0.305. The van der Waals surface area contributed by atoms with Gasteiger partial charge in [0.25, 0.3) is 0 Å². The predicted octanol–water partition coefficient (Wildman–Crippen LogP) is 3.79. The van der Waals surface area contributed by atoms with Crippen molar-refractivity contribution >= 4 is 27.7 Å². The molecule has 0 radical (unpaired) electrons. The molecule has 0 amide bonds. The lowest BCUT2D eigenvalue weighted by Crippen LogP contribution is -2.22. The molecular formula is C21H17BrNO3-. The highest BCUT2D eigenvalue weighted by molar-refractivity contribution is 9.10. The Kier molecular flexibility index (Phi) is 5.38. The zero-order chi connectivity index (χ0) is 18.7. The first kappa shape index (κ1) is 18.1. The molecule has 3 aromatic rings. The molecule has 132 valence electrons. The summed E-state index contributed by atoms with van der Waals surface area (Å²) in [5.41, 5.74) is 4.23. The molecule has 2 aromatic carbocycles. The Bertz CT molecular complexity index is 958. The number of nitrogens with zero attached hydrogens (tertiary/aromatic N) is 1. The van der Waals surface area contributed by atoms with Crippen LogP contribution in [0.25, 0.3) is 16.9 Å². The number of Topliss-reactive ketones (excluding diaryl/α,β-unsaturated/α-hetero) is 1. The summed E-state index contributed by atoms with van der Waals surface area (Å²) in [4.78, 5) is 22.7. The average molecular weight is 411 g/mol. The lowest BCUT2D eigenvalue weighted by atomic mass is 10.1. The number of aliphatic carboxylic acids is 1. The van der Waals surface area contributed by atoms with Crippen LogP contribution in [0.5, 0.6) is 0 Å². The Morgan fingerprint density at radius 2 is 1.77 bits per heavy atom. The summed E-state index contributed by atoms with van der Waals surface area (Å²) in [6.45, 7) is 1.53. The van der Waals surface area contributed by atoms with Gasteiger partial charge in [0.1, 0.15) is 0 Å². The van der Waals surface area contributed by atoms with Crippen LogP contribution in [0, 0.1) is 0 Å². The van der Waals surface area contributed by atoms with Gasteiger partial charge in [-0.1, -0.05) is 40.2 Å². The number of carboxylic acids is 1. The van der Waals surface area contributed by atoms with Crippen molar-refractivity contribution in [2.45, 2.75) is 19.8 Å². The third-order valence-electron chi connectivity index (χ3n) is 4.20. The van der Waals surface area contributed by atoms with Crippen LogP contribution in [0.1, 0.15) is 29.4 Å². The van der Waals surface area contributed by atoms with Crippen LogP contribution in [0.4, 0.5) is 0 Å². The van der Waals surface area contributed by atoms with Gasteiger partial charge in [-0.2, -0.15) is 0 Å². The molecular weight excluding hydrogens is 394 g/mol. The molecule has 0 saturated heterocycles. The van der Waals surface area contributed by atoms with Gasteiger partial charge in [0.15, 0.2) is 5.78 Å². The number of ketones is 1. The molecule has 0 spiro atoms. The van der Waals surface area contributed by atoms with Crippen molar-refractivity contribution in [3.63, 3.8) is 0 Å². The molecule has 1 heterocycles. The second-order valence-corrected chi connectivity index (χ2v) is 6.95. The van der Waals surface area contributed by atoms with Crippen LogP contribution in [-0.2, 0) is 11.2 Å². The van der Waals surface area contributed by atoms with Gasteiger partial charge in [0, 0.05) is 27.4 Å². The number of halogens is 1. The molecule has 0 N–H and O–H groups in total. The van der Waals surface area contributed by atoms with Crippen LogP contribution in [-0.4, -0.2) is 16.3 Å². The van der Waals surface area contributed by atoms with Crippen molar-refractivity contribution in [1.29, 1.82) is 0 Å². The van der Waals surface area contributed by atoms with E-state index in [0.29, 0.717) is 12.0 Å². The van der Waals surface area contributed by atoms with Crippen LogP contribution >= 0.6 is 15.9 Å². The van der Waals surface area contributed by atoms with Crippen molar-refractivity contribution in [2.24, 2.45) is 0 Å². The van der Waals surface area contributed by atoms with Crippen molar-refractivity contribution < 1.29 is 14.7 Å². The molecule has 3 rings (SSSR count). The van der Waals surface area contributed by atoms with E-state index < -0.39 is 5.97 Å². The van der Waals surface area contributed by atoms with E-state index in [1.807, 2.05) is 59.2 Å². The first-order chi connectivity index (χ1) is 12.5. The fourth-order valence-corrected chi connectivity index (χ4v) is 3.18. The molecule has 5 heteroatoms. The van der Waals surface area contributed by atoms with E-state index in [4.69, 9.17) is 0 Å². The van der Waals surface area contributed by atoms with Crippen LogP contribution < -0.4 is 5.11 Å². The second-order valence-electron chi connectivity index (χ2n) is 6.03. The summed E-state index contributed by atoms with van der Waals surface area (Å²) in [5, 5.41) is 10.9. The molecule has 0 fully saturated rings. The number of carbonyl (C=O) groups excluding carboxylic acids is 2. The second kappa shape index (κ2) is 7.70. The number of benzene rings is 2. The highest BCUT2D eigenvalue weighted by Gasteiger charge is 2.13. The fraction of sp³-hybridized carbons (Fsp3) is 0.143. The van der Waals surface area contributed by atoms with E-state index in [0.717, 1.165) is 27.1 Å². The third kappa shape index (κ3) is 3.94. The van der Waals surface area contributed by atoms with Crippen LogP contribution in [0.15, 0.2) is 65.1 Å². The molecule has 4 nitrogen and oxygen atoms in total. The van der Waals surface area contributed by atoms with Gasteiger partial charge in [-0.15, -0.1) is 0 Å². The maximum atomic E-state index is 11.8. The number of hydrogen-bond donors (Lipinski definition) is 0. The smallest absolute Gasteiger partial charge is 0.159 e. The van der Waals surface area contributed by atoms with Gasteiger partial charge < -0.3 is 14.5 Å². The van der Waals surface area contributed by atoms with Crippen molar-refractivity contribution in [2.75, 3.05) is 0 Å². The lowest BCUT2D eigenvalue weighted by Gasteiger charge is -2.15. The van der Waals surface area contributed by atoms with Gasteiger partial charge >= 0.3 is 0 Å². The van der Waals surface area contributed by atoms with Gasteiger partial charge in [0.05, 0.1) is 5.69 Å². The molecule has 0 aliphatic heterocycles. The quantitative estimate of drug-likeness (QED) is 0.580. The van der Waals surface area contributed by atoms with E-state index in [9.17, 15) is 14.7 Å². The summed E-state index contributed by atoms with van der Waals surface area (Å²) in [5.74, 6) is -1.10. The number of carbonyl (C=O) groups is 2. The van der Waals surface area contributed by atoms with Crippen molar-refractivity contribution in [3.8, 4) is 16.9 Å². The molecule has 26 heavy (non-hydrogen) atoms. The zero-order valence-electron chi connectivity index (χ0n) is 14.2. The largest absolute Gasteiger partial charge is 0.550 e. The minimum absolute atomic E-state index is 0.0134. The Morgan fingerprint density at radius 1 is 1.04 bits per heavy atom. The van der Waals surface area contributed by atoms with Crippen molar-refractivity contribution in [1.82, 2.24) is 4.57 Å². The number of rotatable bonds is 6. The van der Waals surface area contributed by atoms with Gasteiger partial charge in [0.2, 0.25) is 0 Å². The van der Waals surface area contributed by atoms with E-state index in [1.54, 1.807) is 6.07 Å². The van der Waals surface area contributed by atoms with Crippen molar-refractivity contribution in [3.05, 3.63) is 76.4 Å². The molecule has 1 aromatic heterocycles. The topological polar surface area (TPSA) is 62.1 Å². The maximum absolute atomic E-state index is 11.8. The van der Waals surface area contributed by atoms with E-state index in [1.165, 1.54) is 6.92 Å². The van der Waals surface area contributed by atoms with Gasteiger partial charge in [-0.3, -0.25) is 4.79 Å². The van der Waals surface area contributed by atoms with Crippen LogP contribution in [0.3, 0.4) is 0 Å². The maximum Gasteiger partial charge on any atom is 0.159 e. The summed E-state index contributed by atoms with van der Waals surface area (Å²) in [6, 6.07) is 19.1. The summed E-state index contributed by atoms with van der Waals surface area (Å²) < 4.78 is 2.98. The van der Waals surface area contributed by atoms with Gasteiger partial charge in [-0.05, 0) is 61.7 Å². The predicted molar refractivity (Wildman–Crippen MR) is 102 cm³/mol. The highest BCUT2D eigenvalue weighted by atomic mass is 79.9. The minimum Gasteiger partial charge on any atom is -0.550 e. The normalized spacial score (nSPS) is 10.7. The number of aryl methyl sites for hydroxylation is 1. The standard InChI is InChI=1S/C21H18BrNO3/c1-14(24)16-3-2-4-19(13-16)23-18(10-12-21(25)26)9-11-20(23)15-5-7-17(22)8-6-15/h2-9,11,13H,10,12H2,1H3,(H,25,26)/p-1. The Labute approximate surface area is 160 Å². The SMILES string of the molecule is CC(=O)c1cccc(-n2c(CCC(=O)[O-])ccc2-c2ccc(Br)cc2)c1. The monoisotopic (exact) mass is 410 g/mol. The summed E-state index contributed by atoms with van der Waals surface area (Å²) in [6.07, 6.45) is 0.291. The summed E-state index contributed by atoms with van der Waals surface area (Å²) in [7, 11) is 0. The highest BCUT2D eigenvalue weighted by Crippen LogP contribution is 2.29. The first-order valence-corrected chi connectivity index (χ1v) is 9.03. The number of aromatic nitrogens is 1. The zero-order valence-corrected chi connectivity index (χ0v) is 15.8. The Morgan fingerprint density at radius 3 is 2.42 bits per heavy atom. The first-order valence-electron chi connectivity index (χ1n) is 8.23. The molecule has 0 unspecified atom stereocenters. The Hall–Kier alpha value is -2.66. The molecule has 0 saturated carbocycles. The molecule has 0 aliphatic rings. The summed E-state index contributed by atoms with van der Waals surface area (Å²) >= 11 is 3.44.